The monoisotopic (exact) mass is 264 g/mol. The molecule has 3 nitrogen and oxygen atoms in total. The van der Waals surface area contributed by atoms with Gasteiger partial charge >= 0.3 is 0 Å². The standard InChI is InChI=1S/C16H28N2O/c1-12-11-16(19-6)14(3)13(2)15(12)7-9-18(5)10-8-17-4/h11,17H,7-10H2,1-6H3. The zero-order chi connectivity index (χ0) is 14.4. The Bertz CT molecular complexity index is 416. The first-order valence-electron chi connectivity index (χ1n) is 6.98. The van der Waals surface area contributed by atoms with Crippen LogP contribution in [0.25, 0.3) is 0 Å². The first-order chi connectivity index (χ1) is 9.01. The summed E-state index contributed by atoms with van der Waals surface area (Å²) < 4.78 is 5.42. The number of ether oxygens (including phenoxy) is 1. The molecule has 0 fully saturated rings. The lowest BCUT2D eigenvalue weighted by Crippen LogP contribution is -2.29. The van der Waals surface area contributed by atoms with Gasteiger partial charge in [0, 0.05) is 19.6 Å². The van der Waals surface area contributed by atoms with Gasteiger partial charge in [-0.3, -0.25) is 0 Å². The van der Waals surface area contributed by atoms with Gasteiger partial charge in [-0.1, -0.05) is 0 Å². The van der Waals surface area contributed by atoms with E-state index < -0.39 is 0 Å². The van der Waals surface area contributed by atoms with Crippen LogP contribution in [0.5, 0.6) is 5.75 Å². The summed E-state index contributed by atoms with van der Waals surface area (Å²) in [5.74, 6) is 1.00. The molecule has 0 radical (unpaired) electrons. The number of likely N-dealkylation sites (N-methyl/N-ethyl adjacent to an activating group) is 2. The fourth-order valence-electron chi connectivity index (χ4n) is 2.41. The molecule has 1 aromatic rings. The molecule has 1 N–H and O–H groups in total. The maximum Gasteiger partial charge on any atom is 0.122 e. The average molecular weight is 264 g/mol. The highest BCUT2D eigenvalue weighted by atomic mass is 16.5. The third-order valence-electron chi connectivity index (χ3n) is 3.92. The summed E-state index contributed by atoms with van der Waals surface area (Å²) in [6, 6.07) is 2.16. The highest BCUT2D eigenvalue weighted by molar-refractivity contribution is 5.48. The van der Waals surface area contributed by atoms with E-state index in [9.17, 15) is 0 Å². The molecule has 1 rings (SSSR count). The van der Waals surface area contributed by atoms with Crippen molar-refractivity contribution in [1.29, 1.82) is 0 Å². The van der Waals surface area contributed by atoms with Crippen molar-refractivity contribution >= 4 is 0 Å². The molecule has 0 aromatic heterocycles. The van der Waals surface area contributed by atoms with Gasteiger partial charge < -0.3 is 15.0 Å². The SMILES string of the molecule is CNCCN(C)CCc1c(C)cc(OC)c(C)c1C. The number of benzene rings is 1. The summed E-state index contributed by atoms with van der Waals surface area (Å²) in [5.41, 5.74) is 5.44. The molecule has 0 heterocycles. The lowest BCUT2D eigenvalue weighted by Gasteiger charge is -2.20. The molecule has 3 heteroatoms. The molecule has 0 spiro atoms. The normalized spacial score (nSPS) is 11.1. The van der Waals surface area contributed by atoms with Crippen LogP contribution in [0.2, 0.25) is 0 Å². The fourth-order valence-corrected chi connectivity index (χ4v) is 2.41. The minimum atomic E-state index is 1.00. The molecule has 0 bridgehead atoms. The van der Waals surface area contributed by atoms with Gasteiger partial charge in [0.15, 0.2) is 0 Å². The minimum absolute atomic E-state index is 1.00. The van der Waals surface area contributed by atoms with Crippen LogP contribution in [0.4, 0.5) is 0 Å². The van der Waals surface area contributed by atoms with E-state index in [2.05, 4.69) is 44.1 Å². The molecule has 108 valence electrons. The van der Waals surface area contributed by atoms with Crippen LogP contribution in [0.3, 0.4) is 0 Å². The van der Waals surface area contributed by atoms with E-state index >= 15 is 0 Å². The number of hydrogen-bond donors (Lipinski definition) is 1. The van der Waals surface area contributed by atoms with Crippen LogP contribution < -0.4 is 10.1 Å². The second-order valence-corrected chi connectivity index (χ2v) is 5.28. The van der Waals surface area contributed by atoms with Gasteiger partial charge in [-0.15, -0.1) is 0 Å². The predicted molar refractivity (Wildman–Crippen MR) is 82.3 cm³/mol. The summed E-state index contributed by atoms with van der Waals surface area (Å²) >= 11 is 0. The summed E-state index contributed by atoms with van der Waals surface area (Å²) in [6.45, 7) is 9.74. The van der Waals surface area contributed by atoms with E-state index in [1.807, 2.05) is 7.05 Å². The molecular weight excluding hydrogens is 236 g/mol. The van der Waals surface area contributed by atoms with Crippen LogP contribution in [0, 0.1) is 20.8 Å². The van der Waals surface area contributed by atoms with Crippen molar-refractivity contribution in [2.24, 2.45) is 0 Å². The Hall–Kier alpha value is -1.06. The van der Waals surface area contributed by atoms with Gasteiger partial charge in [-0.05, 0) is 69.6 Å². The number of methoxy groups -OCH3 is 1. The number of rotatable bonds is 7. The van der Waals surface area contributed by atoms with Gasteiger partial charge in [-0.2, -0.15) is 0 Å². The van der Waals surface area contributed by atoms with Crippen molar-refractivity contribution in [2.75, 3.05) is 40.8 Å². The van der Waals surface area contributed by atoms with E-state index in [-0.39, 0.29) is 0 Å². The summed E-state index contributed by atoms with van der Waals surface area (Å²) in [5, 5.41) is 3.19. The van der Waals surface area contributed by atoms with Crippen molar-refractivity contribution in [3.8, 4) is 5.75 Å². The molecule has 0 saturated heterocycles. The highest BCUT2D eigenvalue weighted by Gasteiger charge is 2.11. The first kappa shape index (κ1) is 16.0. The van der Waals surface area contributed by atoms with E-state index in [4.69, 9.17) is 4.74 Å². The Morgan fingerprint density at radius 1 is 1.16 bits per heavy atom. The third kappa shape index (κ3) is 4.22. The second kappa shape index (κ2) is 7.51. The van der Waals surface area contributed by atoms with Crippen molar-refractivity contribution in [3.63, 3.8) is 0 Å². The Balaban J connectivity index is 2.76. The molecule has 0 unspecified atom stereocenters. The number of hydrogen-bond acceptors (Lipinski definition) is 3. The van der Waals surface area contributed by atoms with Crippen LogP contribution in [-0.4, -0.2) is 45.7 Å². The lowest BCUT2D eigenvalue weighted by atomic mass is 9.95. The Morgan fingerprint density at radius 2 is 1.84 bits per heavy atom. The Morgan fingerprint density at radius 3 is 2.42 bits per heavy atom. The van der Waals surface area contributed by atoms with E-state index in [1.165, 1.54) is 22.3 Å². The Labute approximate surface area is 118 Å². The topological polar surface area (TPSA) is 24.5 Å². The maximum absolute atomic E-state index is 5.42. The van der Waals surface area contributed by atoms with Crippen molar-refractivity contribution in [3.05, 3.63) is 28.3 Å². The molecule has 19 heavy (non-hydrogen) atoms. The first-order valence-corrected chi connectivity index (χ1v) is 6.98. The van der Waals surface area contributed by atoms with Gasteiger partial charge in [0.05, 0.1) is 7.11 Å². The third-order valence-corrected chi connectivity index (χ3v) is 3.92. The molecule has 0 saturated carbocycles. The van der Waals surface area contributed by atoms with Crippen LogP contribution in [-0.2, 0) is 6.42 Å². The van der Waals surface area contributed by atoms with E-state index in [0.29, 0.717) is 0 Å². The fraction of sp³-hybridized carbons (Fsp3) is 0.625. The van der Waals surface area contributed by atoms with Crippen LogP contribution in [0.1, 0.15) is 22.3 Å². The van der Waals surface area contributed by atoms with E-state index in [0.717, 1.165) is 31.8 Å². The Kier molecular flexibility index (Phi) is 6.32. The lowest BCUT2D eigenvalue weighted by molar-refractivity contribution is 0.339. The number of aryl methyl sites for hydroxylation is 1. The van der Waals surface area contributed by atoms with Gasteiger partial charge in [-0.25, -0.2) is 0 Å². The molecule has 0 aliphatic heterocycles. The van der Waals surface area contributed by atoms with Gasteiger partial charge in [0.2, 0.25) is 0 Å². The second-order valence-electron chi connectivity index (χ2n) is 5.28. The highest BCUT2D eigenvalue weighted by Crippen LogP contribution is 2.27. The molecular formula is C16H28N2O. The zero-order valence-electron chi connectivity index (χ0n) is 13.3. The minimum Gasteiger partial charge on any atom is -0.496 e. The van der Waals surface area contributed by atoms with Crippen molar-refractivity contribution in [1.82, 2.24) is 10.2 Å². The summed E-state index contributed by atoms with van der Waals surface area (Å²) in [6.07, 6.45) is 1.10. The quantitative estimate of drug-likeness (QED) is 0.818. The number of nitrogens with zero attached hydrogens (tertiary/aromatic N) is 1. The average Bonchev–Trinajstić information content (AvgIpc) is 2.40. The zero-order valence-corrected chi connectivity index (χ0v) is 13.3. The molecule has 0 atom stereocenters. The van der Waals surface area contributed by atoms with Crippen LogP contribution >= 0.6 is 0 Å². The largest absolute Gasteiger partial charge is 0.496 e. The predicted octanol–water partition coefficient (Wildman–Crippen LogP) is 2.31. The molecule has 0 amide bonds. The van der Waals surface area contributed by atoms with Crippen LogP contribution in [0.15, 0.2) is 6.07 Å². The summed E-state index contributed by atoms with van der Waals surface area (Å²) in [4.78, 5) is 2.37. The van der Waals surface area contributed by atoms with Crippen molar-refractivity contribution in [2.45, 2.75) is 27.2 Å². The molecule has 0 aliphatic carbocycles. The van der Waals surface area contributed by atoms with E-state index in [1.54, 1.807) is 7.11 Å². The summed E-state index contributed by atoms with van der Waals surface area (Å²) in [7, 11) is 5.92. The maximum atomic E-state index is 5.42. The molecule has 0 aliphatic rings. The van der Waals surface area contributed by atoms with Gasteiger partial charge in [0.25, 0.3) is 0 Å². The smallest absolute Gasteiger partial charge is 0.122 e. The van der Waals surface area contributed by atoms with Crippen molar-refractivity contribution < 1.29 is 4.74 Å². The number of nitrogens with one attached hydrogen (secondary N) is 1. The molecule has 1 aromatic carbocycles. The van der Waals surface area contributed by atoms with Gasteiger partial charge in [0.1, 0.15) is 5.75 Å².